The fourth-order valence-corrected chi connectivity index (χ4v) is 4.95. The van der Waals surface area contributed by atoms with Gasteiger partial charge in [0, 0.05) is 29.6 Å². The van der Waals surface area contributed by atoms with E-state index in [1.165, 1.54) is 0 Å². The maximum absolute atomic E-state index is 16.1. The molecule has 2 aromatic heterocycles. The number of ether oxygens (including phenoxy) is 2. The van der Waals surface area contributed by atoms with Gasteiger partial charge < -0.3 is 20.1 Å². The van der Waals surface area contributed by atoms with Crippen LogP contribution in [0.5, 0.6) is 0 Å². The Balaban J connectivity index is 1.75. The summed E-state index contributed by atoms with van der Waals surface area (Å²) < 4.78 is 84.4. The number of nitrogens with one attached hydrogen (secondary N) is 3. The van der Waals surface area contributed by atoms with E-state index in [0.29, 0.717) is 17.4 Å². The fourth-order valence-electron chi connectivity index (χ4n) is 4.07. The predicted octanol–water partition coefficient (Wildman–Crippen LogP) is 7.49. The lowest BCUT2D eigenvalue weighted by atomic mass is 9.95. The molecule has 0 saturated heterocycles. The molecule has 0 saturated carbocycles. The molecule has 2 aromatic carbocycles. The second kappa shape index (κ2) is 12.0. The fraction of sp³-hybridized carbons (Fsp3) is 0.393. The van der Waals surface area contributed by atoms with Gasteiger partial charge in [-0.3, -0.25) is 5.32 Å². The Bertz CT molecular complexity index is 1730. The summed E-state index contributed by atoms with van der Waals surface area (Å²) in [6.45, 7) is 9.95. The van der Waals surface area contributed by atoms with Gasteiger partial charge in [0.15, 0.2) is 10.9 Å². The van der Waals surface area contributed by atoms with Crippen molar-refractivity contribution in [2.45, 2.75) is 58.9 Å². The zero-order valence-corrected chi connectivity index (χ0v) is 25.3. The molecule has 236 valence electrons. The summed E-state index contributed by atoms with van der Waals surface area (Å²) in [5.74, 6) is -2.28. The number of carbonyl (C=O) groups is 2. The van der Waals surface area contributed by atoms with Crippen LogP contribution in [0.15, 0.2) is 24.5 Å². The van der Waals surface area contributed by atoms with Crippen LogP contribution in [0.25, 0.3) is 32.2 Å². The molecule has 3 N–H and O–H groups in total. The summed E-state index contributed by atoms with van der Waals surface area (Å²) in [7, 11) is 0. The molecule has 2 amide bonds. The van der Waals surface area contributed by atoms with Crippen LogP contribution >= 0.6 is 11.3 Å². The lowest BCUT2D eigenvalue weighted by Crippen LogP contribution is -2.35. The van der Waals surface area contributed by atoms with Gasteiger partial charge in [0.25, 0.3) is 0 Å². The number of amides is 2. The maximum Gasteiger partial charge on any atom is 0.417 e. The number of alkyl carbamates (subject to hydrolysis) is 1. The molecule has 0 aliphatic carbocycles. The second-order valence-electron chi connectivity index (χ2n) is 11.5. The van der Waals surface area contributed by atoms with Crippen LogP contribution in [0.1, 0.15) is 47.1 Å². The van der Waals surface area contributed by atoms with Crippen molar-refractivity contribution in [3.63, 3.8) is 0 Å². The molecule has 4 rings (SSSR count). The average Bonchev–Trinajstić information content (AvgIpc) is 3.29. The van der Waals surface area contributed by atoms with Crippen LogP contribution in [-0.2, 0) is 15.7 Å². The van der Waals surface area contributed by atoms with Gasteiger partial charge in [0.05, 0.1) is 15.8 Å². The Morgan fingerprint density at radius 2 is 1.57 bits per heavy atom. The van der Waals surface area contributed by atoms with Gasteiger partial charge in [-0.1, -0.05) is 11.3 Å². The third kappa shape index (κ3) is 7.59. The first-order chi connectivity index (χ1) is 20.3. The molecule has 0 fully saturated rings. The van der Waals surface area contributed by atoms with E-state index in [2.05, 4.69) is 30.9 Å². The van der Waals surface area contributed by atoms with E-state index in [0.717, 1.165) is 18.5 Å². The van der Waals surface area contributed by atoms with E-state index in [9.17, 15) is 27.2 Å². The molecule has 10 nitrogen and oxygen atoms in total. The maximum atomic E-state index is 16.1. The summed E-state index contributed by atoms with van der Waals surface area (Å²) in [6.07, 6.45) is -5.70. The highest BCUT2D eigenvalue weighted by Crippen LogP contribution is 2.45. The van der Waals surface area contributed by atoms with Gasteiger partial charge in [0.1, 0.15) is 34.7 Å². The molecule has 44 heavy (non-hydrogen) atoms. The van der Waals surface area contributed by atoms with Gasteiger partial charge in [-0.2, -0.15) is 13.2 Å². The number of fused-ring (bicyclic) bond motifs is 2. The zero-order chi connectivity index (χ0) is 32.6. The molecular formula is C28H29F5N6O4S. The van der Waals surface area contributed by atoms with Crippen molar-refractivity contribution in [3.8, 4) is 11.1 Å². The summed E-state index contributed by atoms with van der Waals surface area (Å²) in [5, 5.41) is 7.16. The molecule has 2 heterocycles. The molecule has 0 unspecified atom stereocenters. The molecule has 0 aliphatic rings. The van der Waals surface area contributed by atoms with Crippen molar-refractivity contribution in [2.24, 2.45) is 0 Å². The van der Waals surface area contributed by atoms with Crippen LogP contribution in [0.4, 0.5) is 42.5 Å². The predicted molar refractivity (Wildman–Crippen MR) is 156 cm³/mol. The minimum atomic E-state index is -5.07. The van der Waals surface area contributed by atoms with Crippen molar-refractivity contribution >= 4 is 55.6 Å². The summed E-state index contributed by atoms with van der Waals surface area (Å²) in [4.78, 5) is 36.0. The van der Waals surface area contributed by atoms with E-state index in [1.54, 1.807) is 41.5 Å². The molecule has 0 atom stereocenters. The van der Waals surface area contributed by atoms with Gasteiger partial charge in [0.2, 0.25) is 0 Å². The van der Waals surface area contributed by atoms with E-state index in [4.69, 9.17) is 9.47 Å². The number of carbonyl (C=O) groups excluding carboxylic acids is 2. The molecule has 0 radical (unpaired) electrons. The number of alkyl halides is 3. The van der Waals surface area contributed by atoms with Crippen molar-refractivity contribution in [2.75, 3.05) is 23.7 Å². The smallest absolute Gasteiger partial charge is 0.417 e. The van der Waals surface area contributed by atoms with E-state index in [1.807, 2.05) is 0 Å². The van der Waals surface area contributed by atoms with E-state index < -0.39 is 57.8 Å². The number of aromatic nitrogens is 3. The largest absolute Gasteiger partial charge is 0.444 e. The first-order valence-corrected chi connectivity index (χ1v) is 14.0. The van der Waals surface area contributed by atoms with Crippen LogP contribution in [-0.4, -0.2) is 51.4 Å². The van der Waals surface area contributed by atoms with Gasteiger partial charge >= 0.3 is 18.4 Å². The molecular weight excluding hydrogens is 611 g/mol. The quantitative estimate of drug-likeness (QED) is 0.146. The Hall–Kier alpha value is -4.34. The average molecular weight is 641 g/mol. The first-order valence-electron chi connectivity index (χ1n) is 13.2. The minimum Gasteiger partial charge on any atom is -0.444 e. The van der Waals surface area contributed by atoms with Crippen LogP contribution in [0, 0.1) is 11.6 Å². The number of anilines is 2. The van der Waals surface area contributed by atoms with Gasteiger partial charge in [-0.05, 0) is 59.7 Å². The molecule has 0 aliphatic heterocycles. The van der Waals surface area contributed by atoms with E-state index >= 15 is 4.39 Å². The topological polar surface area (TPSA) is 127 Å². The van der Waals surface area contributed by atoms with E-state index in [-0.39, 0.29) is 45.2 Å². The number of hydrogen-bond donors (Lipinski definition) is 3. The first kappa shape index (κ1) is 32.6. The Kier molecular flexibility index (Phi) is 8.87. The Morgan fingerprint density at radius 1 is 0.909 bits per heavy atom. The van der Waals surface area contributed by atoms with Crippen LogP contribution in [0.3, 0.4) is 0 Å². The summed E-state index contributed by atoms with van der Waals surface area (Å²) in [5.41, 5.74) is -4.98. The number of benzene rings is 2. The summed E-state index contributed by atoms with van der Waals surface area (Å²) in [6, 6.07) is 2.57. The third-order valence-corrected chi connectivity index (χ3v) is 6.61. The van der Waals surface area contributed by atoms with Gasteiger partial charge in [-0.15, -0.1) is 0 Å². The lowest BCUT2D eigenvalue weighted by molar-refractivity contribution is -0.137. The monoisotopic (exact) mass is 640 g/mol. The molecule has 4 aromatic rings. The highest BCUT2D eigenvalue weighted by atomic mass is 32.1. The zero-order valence-electron chi connectivity index (χ0n) is 24.5. The third-order valence-electron chi connectivity index (χ3n) is 5.63. The normalized spacial score (nSPS) is 12.3. The van der Waals surface area contributed by atoms with Crippen LogP contribution < -0.4 is 16.0 Å². The Morgan fingerprint density at radius 3 is 2.20 bits per heavy atom. The second-order valence-corrected chi connectivity index (χ2v) is 12.5. The van der Waals surface area contributed by atoms with Crippen molar-refractivity contribution < 1.29 is 41.0 Å². The number of hydrogen-bond acceptors (Lipinski definition) is 9. The number of nitrogens with zero attached hydrogens (tertiary/aromatic N) is 3. The molecule has 0 spiro atoms. The van der Waals surface area contributed by atoms with Crippen molar-refractivity contribution in [1.82, 2.24) is 20.3 Å². The Labute approximate surface area is 252 Å². The SMILES string of the molecule is CC(C)(C)OC(=O)NCCNc1ncnc2c(F)c(-c3ccc(F)c4sc(NC(=O)OC(C)(C)C)nc34)c(C(F)(F)F)cc12. The summed E-state index contributed by atoms with van der Waals surface area (Å²) >= 11 is 0.652. The highest BCUT2D eigenvalue weighted by Gasteiger charge is 2.38. The number of thiazole rings is 1. The van der Waals surface area contributed by atoms with Crippen molar-refractivity contribution in [1.29, 1.82) is 0 Å². The number of rotatable bonds is 6. The van der Waals surface area contributed by atoms with Gasteiger partial charge in [-0.25, -0.2) is 33.3 Å². The highest BCUT2D eigenvalue weighted by molar-refractivity contribution is 7.22. The minimum absolute atomic E-state index is 0.0148. The molecule has 16 heteroatoms. The van der Waals surface area contributed by atoms with Crippen LogP contribution in [0.2, 0.25) is 0 Å². The standard InChI is InChI=1S/C28H29F5N6O4S/c1-26(2,3)42-24(40)35-10-9-34-22-14-11-15(28(31,32)33)17(18(30)19(14)36-12-37-22)13-7-8-16(29)21-20(13)38-23(44-21)39-25(41)43-27(4,5)6/h7-8,11-12H,9-10H2,1-6H3,(H,35,40)(H,34,36,37)(H,38,39,41). The number of halogens is 5. The molecule has 0 bridgehead atoms. The lowest BCUT2D eigenvalue weighted by Gasteiger charge is -2.20. The van der Waals surface area contributed by atoms with Crippen molar-refractivity contribution in [3.05, 3.63) is 41.7 Å².